The van der Waals surface area contributed by atoms with Gasteiger partial charge in [0, 0.05) is 0 Å². The van der Waals surface area contributed by atoms with Crippen molar-refractivity contribution in [2.24, 2.45) is 0 Å². The van der Waals surface area contributed by atoms with Crippen molar-refractivity contribution < 1.29 is 25.2 Å². The zero-order valence-corrected chi connectivity index (χ0v) is 11.6. The first kappa shape index (κ1) is 16.2. The molecular formula is C12H24O5S. The Morgan fingerprint density at radius 2 is 1.72 bits per heavy atom. The zero-order chi connectivity index (χ0) is 13.5. The lowest BCUT2D eigenvalue weighted by atomic mass is 10.0. The fraction of sp³-hybridized carbons (Fsp3) is 1.00. The third-order valence-corrected chi connectivity index (χ3v) is 4.37. The highest BCUT2D eigenvalue weighted by molar-refractivity contribution is 7.99. The fourth-order valence-electron chi connectivity index (χ4n) is 1.93. The second-order valence-electron chi connectivity index (χ2n) is 4.63. The van der Waals surface area contributed by atoms with E-state index < -0.39 is 29.9 Å². The van der Waals surface area contributed by atoms with Crippen LogP contribution in [0.5, 0.6) is 0 Å². The Morgan fingerprint density at radius 1 is 1.00 bits per heavy atom. The highest BCUT2D eigenvalue weighted by atomic mass is 32.2. The van der Waals surface area contributed by atoms with Gasteiger partial charge in [0.05, 0.1) is 6.61 Å². The Kier molecular flexibility index (Phi) is 7.51. The van der Waals surface area contributed by atoms with E-state index in [9.17, 15) is 15.3 Å². The van der Waals surface area contributed by atoms with Crippen LogP contribution in [0.15, 0.2) is 0 Å². The van der Waals surface area contributed by atoms with Gasteiger partial charge < -0.3 is 25.2 Å². The van der Waals surface area contributed by atoms with Gasteiger partial charge in [0.15, 0.2) is 0 Å². The lowest BCUT2D eigenvalue weighted by molar-refractivity contribution is -0.205. The number of thioether (sulfide) groups is 1. The predicted octanol–water partition coefficient (Wildman–Crippen LogP) is 0.0998. The molecule has 1 heterocycles. The molecule has 1 aliphatic rings. The van der Waals surface area contributed by atoms with Crippen LogP contribution in [-0.4, -0.2) is 62.6 Å². The maximum atomic E-state index is 9.79. The third kappa shape index (κ3) is 4.36. The van der Waals surface area contributed by atoms with Gasteiger partial charge in [-0.25, -0.2) is 0 Å². The molecule has 0 amide bonds. The van der Waals surface area contributed by atoms with Crippen molar-refractivity contribution in [2.45, 2.75) is 62.5 Å². The van der Waals surface area contributed by atoms with Crippen molar-refractivity contribution in [3.05, 3.63) is 0 Å². The van der Waals surface area contributed by atoms with E-state index in [1.807, 2.05) is 0 Å². The summed E-state index contributed by atoms with van der Waals surface area (Å²) in [4.78, 5) is 0. The maximum Gasteiger partial charge on any atom is 0.132 e. The lowest BCUT2D eigenvalue weighted by Gasteiger charge is -2.39. The third-order valence-electron chi connectivity index (χ3n) is 3.13. The van der Waals surface area contributed by atoms with Gasteiger partial charge in [-0.3, -0.25) is 0 Å². The van der Waals surface area contributed by atoms with Crippen LogP contribution in [0.4, 0.5) is 0 Å². The molecule has 0 aromatic carbocycles. The Morgan fingerprint density at radius 3 is 2.33 bits per heavy atom. The molecule has 18 heavy (non-hydrogen) atoms. The SMILES string of the molecule is CCCCCCS[C@@H]1O[C@@H](CO)[C@@H](O)[C@H](O)[C@H]1O. The Balaban J connectivity index is 2.35. The van der Waals surface area contributed by atoms with E-state index in [0.29, 0.717) is 0 Å². The van der Waals surface area contributed by atoms with E-state index in [-0.39, 0.29) is 6.61 Å². The molecule has 0 radical (unpaired) electrons. The van der Waals surface area contributed by atoms with E-state index in [1.54, 1.807) is 0 Å². The van der Waals surface area contributed by atoms with E-state index in [1.165, 1.54) is 24.6 Å². The first-order chi connectivity index (χ1) is 8.61. The molecule has 4 N–H and O–H groups in total. The molecule has 1 saturated heterocycles. The summed E-state index contributed by atoms with van der Waals surface area (Å²) in [6.45, 7) is 1.78. The summed E-state index contributed by atoms with van der Waals surface area (Å²) in [6, 6.07) is 0. The number of rotatable bonds is 7. The van der Waals surface area contributed by atoms with Gasteiger partial charge in [0.2, 0.25) is 0 Å². The molecule has 0 bridgehead atoms. The van der Waals surface area contributed by atoms with Crippen LogP contribution in [-0.2, 0) is 4.74 Å². The monoisotopic (exact) mass is 280 g/mol. The number of hydrogen-bond acceptors (Lipinski definition) is 6. The number of hydrogen-bond donors (Lipinski definition) is 4. The minimum Gasteiger partial charge on any atom is -0.394 e. The number of aliphatic hydroxyl groups excluding tert-OH is 4. The number of unbranched alkanes of at least 4 members (excludes halogenated alkanes) is 3. The molecule has 5 atom stereocenters. The van der Waals surface area contributed by atoms with Crippen molar-refractivity contribution in [3.63, 3.8) is 0 Å². The molecule has 1 aliphatic heterocycles. The Bertz CT molecular complexity index is 227. The van der Waals surface area contributed by atoms with Crippen LogP contribution >= 0.6 is 11.8 Å². The van der Waals surface area contributed by atoms with Crippen LogP contribution in [0.1, 0.15) is 32.6 Å². The maximum absolute atomic E-state index is 9.79. The van der Waals surface area contributed by atoms with E-state index in [0.717, 1.165) is 18.6 Å². The normalized spacial score (nSPS) is 36.8. The van der Waals surface area contributed by atoms with Crippen LogP contribution < -0.4 is 0 Å². The molecule has 1 fully saturated rings. The molecule has 108 valence electrons. The minimum absolute atomic E-state index is 0.363. The van der Waals surface area contributed by atoms with Crippen LogP contribution in [0.25, 0.3) is 0 Å². The van der Waals surface area contributed by atoms with Crippen molar-refractivity contribution in [2.75, 3.05) is 12.4 Å². The Hall–Kier alpha value is 0.150. The quantitative estimate of drug-likeness (QED) is 0.495. The molecule has 5 nitrogen and oxygen atoms in total. The predicted molar refractivity (Wildman–Crippen MR) is 70.4 cm³/mol. The summed E-state index contributed by atoms with van der Waals surface area (Å²) < 4.78 is 5.39. The summed E-state index contributed by atoms with van der Waals surface area (Å²) >= 11 is 1.43. The summed E-state index contributed by atoms with van der Waals surface area (Å²) in [7, 11) is 0. The van der Waals surface area contributed by atoms with Gasteiger partial charge in [0.1, 0.15) is 29.9 Å². The molecule has 0 spiro atoms. The second-order valence-corrected chi connectivity index (χ2v) is 5.83. The highest BCUT2D eigenvalue weighted by Gasteiger charge is 2.43. The molecule has 0 aromatic heterocycles. The molecule has 0 saturated carbocycles. The van der Waals surface area contributed by atoms with E-state index in [4.69, 9.17) is 9.84 Å². The van der Waals surface area contributed by atoms with Gasteiger partial charge in [-0.1, -0.05) is 26.2 Å². The van der Waals surface area contributed by atoms with Crippen molar-refractivity contribution in [3.8, 4) is 0 Å². The second kappa shape index (κ2) is 8.35. The number of ether oxygens (including phenoxy) is 1. The van der Waals surface area contributed by atoms with Crippen molar-refractivity contribution in [1.82, 2.24) is 0 Å². The van der Waals surface area contributed by atoms with Gasteiger partial charge in [-0.05, 0) is 12.2 Å². The van der Waals surface area contributed by atoms with Crippen molar-refractivity contribution in [1.29, 1.82) is 0 Å². The minimum atomic E-state index is -1.26. The zero-order valence-electron chi connectivity index (χ0n) is 10.7. The molecule has 1 rings (SSSR count). The summed E-state index contributed by atoms with van der Waals surface area (Å²) in [5.74, 6) is 0.836. The molecule has 0 aromatic rings. The first-order valence-corrected chi connectivity index (χ1v) is 7.58. The molecule has 6 heteroatoms. The molecule has 0 aliphatic carbocycles. The van der Waals surface area contributed by atoms with Gasteiger partial charge >= 0.3 is 0 Å². The van der Waals surface area contributed by atoms with Gasteiger partial charge in [-0.15, -0.1) is 11.8 Å². The standard InChI is InChI=1S/C12H24O5S/c1-2-3-4-5-6-18-12-11(16)10(15)9(14)8(7-13)17-12/h8-16H,2-7H2,1H3/t8-,9+,10-,11+,12-/m0/s1. The van der Waals surface area contributed by atoms with Crippen LogP contribution in [0, 0.1) is 0 Å². The lowest BCUT2D eigenvalue weighted by Crippen LogP contribution is -2.57. The smallest absolute Gasteiger partial charge is 0.132 e. The summed E-state index contributed by atoms with van der Waals surface area (Å²) in [6.07, 6.45) is 0.107. The largest absolute Gasteiger partial charge is 0.394 e. The highest BCUT2D eigenvalue weighted by Crippen LogP contribution is 2.29. The topological polar surface area (TPSA) is 90.2 Å². The molecular weight excluding hydrogens is 256 g/mol. The van der Waals surface area contributed by atoms with E-state index in [2.05, 4.69) is 6.92 Å². The van der Waals surface area contributed by atoms with E-state index >= 15 is 0 Å². The van der Waals surface area contributed by atoms with Gasteiger partial charge in [0.25, 0.3) is 0 Å². The molecule has 0 unspecified atom stereocenters. The fourth-order valence-corrected chi connectivity index (χ4v) is 3.12. The Labute approximate surface area is 112 Å². The average Bonchev–Trinajstić information content (AvgIpc) is 2.38. The number of aliphatic hydroxyl groups is 4. The van der Waals surface area contributed by atoms with Crippen LogP contribution in [0.3, 0.4) is 0 Å². The first-order valence-electron chi connectivity index (χ1n) is 6.54. The average molecular weight is 280 g/mol. The van der Waals surface area contributed by atoms with Crippen LogP contribution in [0.2, 0.25) is 0 Å². The van der Waals surface area contributed by atoms with Crippen molar-refractivity contribution >= 4 is 11.8 Å². The van der Waals surface area contributed by atoms with Gasteiger partial charge in [-0.2, -0.15) is 0 Å². The summed E-state index contributed by atoms with van der Waals surface area (Å²) in [5.41, 5.74) is -0.581. The summed E-state index contributed by atoms with van der Waals surface area (Å²) in [5, 5.41) is 38.0.